The van der Waals surface area contributed by atoms with Gasteiger partial charge in [-0.1, -0.05) is 37.8 Å². The predicted octanol–water partition coefficient (Wildman–Crippen LogP) is 4.55. The molecule has 1 aromatic rings. The van der Waals surface area contributed by atoms with E-state index < -0.39 is 0 Å². The van der Waals surface area contributed by atoms with E-state index in [1.807, 2.05) is 6.92 Å². The number of piperidine rings is 1. The first kappa shape index (κ1) is 15.1. The Labute approximate surface area is 133 Å². The van der Waals surface area contributed by atoms with Crippen molar-refractivity contribution in [3.63, 3.8) is 0 Å². The number of halogens is 1. The normalized spacial score (nSPS) is 21.8. The summed E-state index contributed by atoms with van der Waals surface area (Å²) in [5.74, 6) is 1.93. The van der Waals surface area contributed by atoms with Gasteiger partial charge in [-0.15, -0.1) is 0 Å². The van der Waals surface area contributed by atoms with Gasteiger partial charge in [-0.3, -0.25) is 0 Å². The lowest BCUT2D eigenvalue weighted by Crippen LogP contribution is -2.41. The molecule has 3 rings (SSSR count). The van der Waals surface area contributed by atoms with Crippen LogP contribution in [0.3, 0.4) is 0 Å². The van der Waals surface area contributed by atoms with Crippen LogP contribution in [-0.4, -0.2) is 23.1 Å². The summed E-state index contributed by atoms with van der Waals surface area (Å²) in [5.41, 5.74) is 1.67. The second-order valence-corrected chi connectivity index (χ2v) is 7.14. The predicted molar refractivity (Wildman–Crippen MR) is 88.1 cm³/mol. The van der Waals surface area contributed by atoms with Crippen LogP contribution in [0.2, 0.25) is 5.15 Å². The molecule has 0 unspecified atom stereocenters. The van der Waals surface area contributed by atoms with Crippen LogP contribution in [0, 0.1) is 12.3 Å². The van der Waals surface area contributed by atoms with E-state index in [0.29, 0.717) is 10.6 Å². The number of nitrogens with zero attached hydrogens (tertiary/aromatic N) is 3. The zero-order valence-corrected chi connectivity index (χ0v) is 14.0. The van der Waals surface area contributed by atoms with E-state index in [0.717, 1.165) is 36.7 Å². The topological polar surface area (TPSA) is 29.0 Å². The molecule has 0 amide bonds. The lowest BCUT2D eigenvalue weighted by Gasteiger charge is -2.45. The summed E-state index contributed by atoms with van der Waals surface area (Å²) in [6.07, 6.45) is 10.6. The van der Waals surface area contributed by atoms with Gasteiger partial charge in [0.2, 0.25) is 0 Å². The second-order valence-electron chi connectivity index (χ2n) is 6.78. The Morgan fingerprint density at radius 1 is 1.05 bits per heavy atom. The monoisotopic (exact) mass is 307 g/mol. The summed E-state index contributed by atoms with van der Waals surface area (Å²) >= 11 is 6.28. The Morgan fingerprint density at radius 2 is 1.71 bits per heavy atom. The molecule has 0 atom stereocenters. The SMILES string of the molecule is CCc1nc(Cl)c(C)c(N2CCC3(CCCCC3)CC2)n1. The van der Waals surface area contributed by atoms with Gasteiger partial charge in [-0.2, -0.15) is 0 Å². The first-order valence-corrected chi connectivity index (χ1v) is 8.79. The molecule has 0 radical (unpaired) electrons. The minimum absolute atomic E-state index is 0.620. The molecular weight excluding hydrogens is 282 g/mol. The summed E-state index contributed by atoms with van der Waals surface area (Å²) in [6, 6.07) is 0. The summed E-state index contributed by atoms with van der Waals surface area (Å²) in [5, 5.41) is 0.620. The molecule has 1 aliphatic carbocycles. The Kier molecular flexibility index (Phi) is 4.39. The van der Waals surface area contributed by atoms with E-state index >= 15 is 0 Å². The Hall–Kier alpha value is -0.830. The Bertz CT molecular complexity index is 499. The molecule has 1 aliphatic heterocycles. The molecule has 4 heteroatoms. The minimum atomic E-state index is 0.620. The number of aryl methyl sites for hydroxylation is 1. The van der Waals surface area contributed by atoms with E-state index in [2.05, 4.69) is 16.8 Å². The third kappa shape index (κ3) is 3.03. The van der Waals surface area contributed by atoms with Gasteiger partial charge in [0.15, 0.2) is 0 Å². The van der Waals surface area contributed by atoms with Gasteiger partial charge in [0.25, 0.3) is 0 Å². The summed E-state index contributed by atoms with van der Waals surface area (Å²) in [6.45, 7) is 6.37. The van der Waals surface area contributed by atoms with Crippen LogP contribution in [0.15, 0.2) is 0 Å². The van der Waals surface area contributed by atoms with E-state index in [-0.39, 0.29) is 0 Å². The van der Waals surface area contributed by atoms with Crippen molar-refractivity contribution in [2.75, 3.05) is 18.0 Å². The van der Waals surface area contributed by atoms with Crippen LogP contribution in [-0.2, 0) is 6.42 Å². The van der Waals surface area contributed by atoms with Crippen LogP contribution < -0.4 is 4.90 Å². The number of hydrogen-bond donors (Lipinski definition) is 0. The second kappa shape index (κ2) is 6.12. The van der Waals surface area contributed by atoms with Crippen molar-refractivity contribution >= 4 is 17.4 Å². The number of aromatic nitrogens is 2. The lowest BCUT2D eigenvalue weighted by atomic mass is 9.68. The van der Waals surface area contributed by atoms with Crippen LogP contribution in [0.25, 0.3) is 0 Å². The largest absolute Gasteiger partial charge is 0.356 e. The minimum Gasteiger partial charge on any atom is -0.356 e. The highest BCUT2D eigenvalue weighted by Gasteiger charge is 2.36. The van der Waals surface area contributed by atoms with Crippen LogP contribution in [0.4, 0.5) is 5.82 Å². The molecule has 0 N–H and O–H groups in total. The summed E-state index contributed by atoms with van der Waals surface area (Å²) < 4.78 is 0. The zero-order chi connectivity index (χ0) is 14.9. The van der Waals surface area contributed by atoms with Crippen LogP contribution in [0.5, 0.6) is 0 Å². The van der Waals surface area contributed by atoms with E-state index in [9.17, 15) is 0 Å². The van der Waals surface area contributed by atoms with Crippen molar-refractivity contribution in [2.45, 2.75) is 65.2 Å². The molecule has 0 bridgehead atoms. The number of rotatable bonds is 2. The fraction of sp³-hybridized carbons (Fsp3) is 0.765. The van der Waals surface area contributed by atoms with Gasteiger partial charge in [0.1, 0.15) is 16.8 Å². The van der Waals surface area contributed by atoms with Crippen molar-refractivity contribution in [1.82, 2.24) is 9.97 Å². The third-order valence-electron chi connectivity index (χ3n) is 5.46. The van der Waals surface area contributed by atoms with Gasteiger partial charge in [0.05, 0.1) is 0 Å². The molecule has 1 saturated heterocycles. The highest BCUT2D eigenvalue weighted by Crippen LogP contribution is 2.45. The van der Waals surface area contributed by atoms with Crippen LogP contribution in [0.1, 0.15) is 63.3 Å². The van der Waals surface area contributed by atoms with Gasteiger partial charge in [0, 0.05) is 25.1 Å². The van der Waals surface area contributed by atoms with E-state index in [4.69, 9.17) is 16.6 Å². The van der Waals surface area contributed by atoms with Gasteiger partial charge in [-0.05, 0) is 38.0 Å². The molecule has 1 spiro atoms. The van der Waals surface area contributed by atoms with Crippen LogP contribution >= 0.6 is 11.6 Å². The van der Waals surface area contributed by atoms with Crippen molar-refractivity contribution in [3.05, 3.63) is 16.5 Å². The van der Waals surface area contributed by atoms with E-state index in [1.165, 1.54) is 44.9 Å². The maximum atomic E-state index is 6.28. The molecule has 2 heterocycles. The fourth-order valence-electron chi connectivity index (χ4n) is 3.98. The van der Waals surface area contributed by atoms with Gasteiger partial charge >= 0.3 is 0 Å². The maximum absolute atomic E-state index is 6.28. The van der Waals surface area contributed by atoms with Crippen molar-refractivity contribution < 1.29 is 0 Å². The highest BCUT2D eigenvalue weighted by molar-refractivity contribution is 6.30. The van der Waals surface area contributed by atoms with Crippen molar-refractivity contribution in [2.24, 2.45) is 5.41 Å². The molecule has 1 saturated carbocycles. The molecule has 0 aromatic carbocycles. The molecule has 21 heavy (non-hydrogen) atoms. The quantitative estimate of drug-likeness (QED) is 0.750. The van der Waals surface area contributed by atoms with E-state index in [1.54, 1.807) is 0 Å². The average Bonchev–Trinajstić information content (AvgIpc) is 2.52. The summed E-state index contributed by atoms with van der Waals surface area (Å²) in [7, 11) is 0. The lowest BCUT2D eigenvalue weighted by molar-refractivity contribution is 0.144. The van der Waals surface area contributed by atoms with Gasteiger partial charge < -0.3 is 4.90 Å². The first-order chi connectivity index (χ1) is 10.1. The van der Waals surface area contributed by atoms with Gasteiger partial charge in [-0.25, -0.2) is 9.97 Å². The number of anilines is 1. The first-order valence-electron chi connectivity index (χ1n) is 8.41. The molecule has 1 aromatic heterocycles. The Balaban J connectivity index is 1.76. The summed E-state index contributed by atoms with van der Waals surface area (Å²) in [4.78, 5) is 11.5. The standard InChI is InChI=1S/C17H26ClN3/c1-3-14-19-15(18)13(2)16(20-14)21-11-9-17(10-12-21)7-5-4-6-8-17/h3-12H2,1-2H3. The molecule has 2 fully saturated rings. The molecule has 3 nitrogen and oxygen atoms in total. The Morgan fingerprint density at radius 3 is 2.33 bits per heavy atom. The fourth-order valence-corrected chi connectivity index (χ4v) is 4.16. The number of hydrogen-bond acceptors (Lipinski definition) is 3. The zero-order valence-electron chi connectivity index (χ0n) is 13.3. The molecular formula is C17H26ClN3. The maximum Gasteiger partial charge on any atom is 0.137 e. The smallest absolute Gasteiger partial charge is 0.137 e. The van der Waals surface area contributed by atoms with Crippen molar-refractivity contribution in [3.8, 4) is 0 Å². The average molecular weight is 308 g/mol. The third-order valence-corrected chi connectivity index (χ3v) is 5.83. The molecule has 116 valence electrons. The highest BCUT2D eigenvalue weighted by atomic mass is 35.5. The molecule has 2 aliphatic rings. The van der Waals surface area contributed by atoms with Crippen molar-refractivity contribution in [1.29, 1.82) is 0 Å².